The average Bonchev–Trinajstić information content (AvgIpc) is 2.85. The number of nitrogen functional groups attached to an aromatic ring is 1. The lowest BCUT2D eigenvalue weighted by atomic mass is 10.2. The Morgan fingerprint density at radius 2 is 2.06 bits per heavy atom. The molecule has 0 saturated heterocycles. The summed E-state index contributed by atoms with van der Waals surface area (Å²) in [4.78, 5) is 4.34. The van der Waals surface area contributed by atoms with Gasteiger partial charge in [0.2, 0.25) is 11.7 Å². The number of aromatic nitrogens is 2. The first-order valence-corrected chi connectivity index (χ1v) is 5.90. The summed E-state index contributed by atoms with van der Waals surface area (Å²) in [5.74, 6) is 1.22. The zero-order valence-corrected chi connectivity index (χ0v) is 10.6. The van der Waals surface area contributed by atoms with Crippen LogP contribution in [0.3, 0.4) is 0 Å². The van der Waals surface area contributed by atoms with Gasteiger partial charge in [-0.25, -0.2) is 0 Å². The molecular weight excluding hydrogens is 230 g/mol. The zero-order valence-electron chi connectivity index (χ0n) is 10.6. The Labute approximate surface area is 106 Å². The van der Waals surface area contributed by atoms with Crippen LogP contribution in [0.1, 0.15) is 19.2 Å². The van der Waals surface area contributed by atoms with Gasteiger partial charge in [0.25, 0.3) is 0 Å². The summed E-state index contributed by atoms with van der Waals surface area (Å²) in [6, 6.07) is 7.39. The van der Waals surface area contributed by atoms with Crippen LogP contribution in [0, 0.1) is 0 Å². The van der Waals surface area contributed by atoms with Gasteiger partial charge in [0.05, 0.1) is 6.10 Å². The predicted octanol–water partition coefficient (Wildman–Crippen LogP) is 2.29. The predicted molar refractivity (Wildman–Crippen MR) is 68.9 cm³/mol. The molecular formula is C13H17N3O2. The molecule has 5 nitrogen and oxygen atoms in total. The first-order chi connectivity index (χ1) is 8.69. The normalized spacial score (nSPS) is 12.6. The molecule has 1 heterocycles. The number of rotatable bonds is 5. The van der Waals surface area contributed by atoms with Crippen LogP contribution >= 0.6 is 0 Å². The topological polar surface area (TPSA) is 74.2 Å². The number of nitrogens with two attached hydrogens (primary N) is 1. The van der Waals surface area contributed by atoms with Crippen molar-refractivity contribution in [1.29, 1.82) is 0 Å². The van der Waals surface area contributed by atoms with Crippen molar-refractivity contribution in [3.63, 3.8) is 0 Å². The lowest BCUT2D eigenvalue weighted by molar-refractivity contribution is 0.109. The largest absolute Gasteiger partial charge is 0.399 e. The van der Waals surface area contributed by atoms with Gasteiger partial charge in [-0.3, -0.25) is 0 Å². The highest BCUT2D eigenvalue weighted by Crippen LogP contribution is 2.17. The summed E-state index contributed by atoms with van der Waals surface area (Å²) < 4.78 is 10.4. The van der Waals surface area contributed by atoms with Crippen LogP contribution in [0.4, 0.5) is 5.69 Å². The molecule has 0 fully saturated rings. The zero-order chi connectivity index (χ0) is 13.0. The maximum absolute atomic E-state index is 5.63. The number of benzene rings is 1. The molecule has 0 saturated carbocycles. The molecule has 0 aliphatic carbocycles. The van der Waals surface area contributed by atoms with Gasteiger partial charge < -0.3 is 15.0 Å². The number of methoxy groups -OCH3 is 1. The molecule has 1 atom stereocenters. The number of hydrogen-bond acceptors (Lipinski definition) is 5. The fraction of sp³-hybridized carbons (Fsp3) is 0.385. The maximum atomic E-state index is 5.63. The van der Waals surface area contributed by atoms with Gasteiger partial charge >= 0.3 is 0 Å². The standard InChI is InChI=1S/C13H17N3O2/c1-9(17-2)3-8-12-15-13(16-18-12)10-4-6-11(14)7-5-10/h4-7,9H,3,8,14H2,1-2H3. The molecule has 0 bridgehead atoms. The third-order valence-corrected chi connectivity index (χ3v) is 2.80. The molecule has 96 valence electrons. The number of aryl methyl sites for hydroxylation is 1. The molecule has 18 heavy (non-hydrogen) atoms. The van der Waals surface area contributed by atoms with E-state index in [0.717, 1.165) is 24.1 Å². The van der Waals surface area contributed by atoms with Gasteiger partial charge in [-0.15, -0.1) is 0 Å². The number of anilines is 1. The molecule has 2 N–H and O–H groups in total. The second-order valence-electron chi connectivity index (χ2n) is 4.22. The van der Waals surface area contributed by atoms with Crippen molar-refractivity contribution in [3.8, 4) is 11.4 Å². The summed E-state index contributed by atoms with van der Waals surface area (Å²) in [5.41, 5.74) is 7.25. The Kier molecular flexibility index (Phi) is 3.94. The monoisotopic (exact) mass is 247 g/mol. The van der Waals surface area contributed by atoms with E-state index in [1.54, 1.807) is 7.11 Å². The number of nitrogens with zero attached hydrogens (tertiary/aromatic N) is 2. The van der Waals surface area contributed by atoms with E-state index in [-0.39, 0.29) is 6.10 Å². The quantitative estimate of drug-likeness (QED) is 0.820. The van der Waals surface area contributed by atoms with Gasteiger partial charge in [0.1, 0.15) is 0 Å². The number of hydrogen-bond donors (Lipinski definition) is 1. The highest BCUT2D eigenvalue weighted by atomic mass is 16.5. The van der Waals surface area contributed by atoms with E-state index in [4.69, 9.17) is 15.0 Å². The van der Waals surface area contributed by atoms with Crippen LogP contribution in [0.15, 0.2) is 28.8 Å². The maximum Gasteiger partial charge on any atom is 0.227 e. The Hall–Kier alpha value is -1.88. The van der Waals surface area contributed by atoms with Crippen LogP contribution in [0.25, 0.3) is 11.4 Å². The third kappa shape index (κ3) is 3.07. The Balaban J connectivity index is 2.03. The Bertz CT molecular complexity index is 493. The van der Waals surface area contributed by atoms with Crippen LogP contribution in [0.2, 0.25) is 0 Å². The van der Waals surface area contributed by atoms with Crippen molar-refractivity contribution in [2.75, 3.05) is 12.8 Å². The molecule has 0 radical (unpaired) electrons. The highest BCUT2D eigenvalue weighted by molar-refractivity contribution is 5.57. The first kappa shape index (κ1) is 12.6. The third-order valence-electron chi connectivity index (χ3n) is 2.80. The molecule has 0 amide bonds. The molecule has 0 aliphatic rings. The van der Waals surface area contributed by atoms with Gasteiger partial charge in [0, 0.05) is 24.8 Å². The molecule has 0 aliphatic heterocycles. The van der Waals surface area contributed by atoms with E-state index in [2.05, 4.69) is 10.1 Å². The molecule has 1 aromatic heterocycles. The molecule has 2 rings (SSSR count). The van der Waals surface area contributed by atoms with E-state index in [1.807, 2.05) is 31.2 Å². The second-order valence-corrected chi connectivity index (χ2v) is 4.22. The molecule has 2 aromatic rings. The highest BCUT2D eigenvalue weighted by Gasteiger charge is 2.09. The lowest BCUT2D eigenvalue weighted by Crippen LogP contribution is -2.05. The average molecular weight is 247 g/mol. The van der Waals surface area contributed by atoms with Gasteiger partial charge in [-0.05, 0) is 37.6 Å². The van der Waals surface area contributed by atoms with E-state index in [9.17, 15) is 0 Å². The van der Waals surface area contributed by atoms with Gasteiger partial charge in [-0.1, -0.05) is 5.16 Å². The lowest BCUT2D eigenvalue weighted by Gasteiger charge is -2.05. The van der Waals surface area contributed by atoms with Gasteiger partial charge in [-0.2, -0.15) is 4.98 Å². The second kappa shape index (κ2) is 5.64. The van der Waals surface area contributed by atoms with Crippen LogP contribution in [0.5, 0.6) is 0 Å². The van der Waals surface area contributed by atoms with Crippen molar-refractivity contribution >= 4 is 5.69 Å². The Morgan fingerprint density at radius 3 is 2.72 bits per heavy atom. The van der Waals surface area contributed by atoms with Crippen LogP contribution in [-0.2, 0) is 11.2 Å². The minimum Gasteiger partial charge on any atom is -0.399 e. The van der Waals surface area contributed by atoms with E-state index >= 15 is 0 Å². The fourth-order valence-electron chi connectivity index (χ4n) is 1.55. The molecule has 1 unspecified atom stereocenters. The summed E-state index contributed by atoms with van der Waals surface area (Å²) >= 11 is 0. The summed E-state index contributed by atoms with van der Waals surface area (Å²) in [6.45, 7) is 2.01. The fourth-order valence-corrected chi connectivity index (χ4v) is 1.55. The van der Waals surface area contributed by atoms with Gasteiger partial charge in [0.15, 0.2) is 0 Å². The number of ether oxygens (including phenoxy) is 1. The SMILES string of the molecule is COC(C)CCc1nc(-c2ccc(N)cc2)no1. The first-order valence-electron chi connectivity index (χ1n) is 5.90. The summed E-state index contributed by atoms with van der Waals surface area (Å²) in [6.07, 6.45) is 1.77. The van der Waals surface area contributed by atoms with Crippen molar-refractivity contribution in [3.05, 3.63) is 30.2 Å². The van der Waals surface area contributed by atoms with Crippen LogP contribution in [-0.4, -0.2) is 23.4 Å². The van der Waals surface area contributed by atoms with Crippen LogP contribution < -0.4 is 5.73 Å². The van der Waals surface area contributed by atoms with E-state index < -0.39 is 0 Å². The van der Waals surface area contributed by atoms with E-state index in [1.165, 1.54) is 0 Å². The minimum absolute atomic E-state index is 0.192. The van der Waals surface area contributed by atoms with Crippen molar-refractivity contribution in [1.82, 2.24) is 10.1 Å². The molecule has 5 heteroatoms. The van der Waals surface area contributed by atoms with Crippen molar-refractivity contribution in [2.24, 2.45) is 0 Å². The summed E-state index contributed by atoms with van der Waals surface area (Å²) in [7, 11) is 1.69. The summed E-state index contributed by atoms with van der Waals surface area (Å²) in [5, 5.41) is 3.95. The Morgan fingerprint density at radius 1 is 1.33 bits per heavy atom. The van der Waals surface area contributed by atoms with E-state index in [0.29, 0.717) is 11.7 Å². The smallest absolute Gasteiger partial charge is 0.227 e. The van der Waals surface area contributed by atoms with Crippen molar-refractivity contribution < 1.29 is 9.26 Å². The molecule has 0 spiro atoms. The molecule has 1 aromatic carbocycles. The minimum atomic E-state index is 0.192. The van der Waals surface area contributed by atoms with Crippen molar-refractivity contribution in [2.45, 2.75) is 25.9 Å².